The molecular formula is C30H36FN3O5S. The first-order valence-electron chi connectivity index (χ1n) is 12.8. The molecule has 10 heteroatoms. The van der Waals surface area contributed by atoms with E-state index in [4.69, 9.17) is 4.74 Å². The highest BCUT2D eigenvalue weighted by Gasteiger charge is 2.33. The number of aryl methyl sites for hydroxylation is 1. The van der Waals surface area contributed by atoms with Crippen LogP contribution in [0.2, 0.25) is 0 Å². The standard InChI is InChI=1S/C30H36FN3O5S/c1-21-7-13-25(14-8-21)34(40(37,38)27-17-15-26(39-6)16-18-27)20-28(35)33(19-23-9-11-24(31)12-10-23)22(2)29(36)32-30(3,4)5/h7-18,22H,19-20H2,1-6H3,(H,32,36). The van der Waals surface area contributed by atoms with Gasteiger partial charge in [-0.05, 0) is 88.7 Å². The van der Waals surface area contributed by atoms with Crippen molar-refractivity contribution in [2.75, 3.05) is 18.0 Å². The number of ether oxygens (including phenoxy) is 1. The molecule has 0 spiro atoms. The average molecular weight is 570 g/mol. The Labute approximate surface area is 235 Å². The number of hydrogen-bond donors (Lipinski definition) is 1. The summed E-state index contributed by atoms with van der Waals surface area (Å²) in [6.45, 7) is 8.33. The molecule has 0 heterocycles. The van der Waals surface area contributed by atoms with Crippen LogP contribution >= 0.6 is 0 Å². The number of nitrogens with zero attached hydrogens (tertiary/aromatic N) is 2. The number of halogens is 1. The maximum Gasteiger partial charge on any atom is 0.264 e. The van der Waals surface area contributed by atoms with Crippen LogP contribution in [0, 0.1) is 12.7 Å². The Morgan fingerprint density at radius 2 is 1.52 bits per heavy atom. The lowest BCUT2D eigenvalue weighted by Gasteiger charge is -2.33. The van der Waals surface area contributed by atoms with Crippen LogP contribution in [0.1, 0.15) is 38.8 Å². The SMILES string of the molecule is COc1ccc(S(=O)(=O)N(CC(=O)N(Cc2ccc(F)cc2)C(C)C(=O)NC(C)(C)C)c2ccc(C)cc2)cc1. The maximum absolute atomic E-state index is 13.9. The number of benzene rings is 3. The number of carbonyl (C=O) groups is 2. The number of anilines is 1. The van der Waals surface area contributed by atoms with E-state index in [9.17, 15) is 22.4 Å². The number of sulfonamides is 1. The molecule has 0 aliphatic heterocycles. The van der Waals surface area contributed by atoms with Gasteiger partial charge in [-0.1, -0.05) is 29.8 Å². The van der Waals surface area contributed by atoms with Gasteiger partial charge in [-0.15, -0.1) is 0 Å². The van der Waals surface area contributed by atoms with E-state index >= 15 is 0 Å². The smallest absolute Gasteiger partial charge is 0.264 e. The van der Waals surface area contributed by atoms with Crippen LogP contribution in [-0.2, 0) is 26.2 Å². The maximum atomic E-state index is 13.9. The van der Waals surface area contributed by atoms with E-state index < -0.39 is 45.8 Å². The van der Waals surface area contributed by atoms with Crippen LogP contribution in [0.5, 0.6) is 5.75 Å². The Kier molecular flexibility index (Phi) is 9.57. The average Bonchev–Trinajstić information content (AvgIpc) is 2.90. The lowest BCUT2D eigenvalue weighted by atomic mass is 10.1. The molecule has 40 heavy (non-hydrogen) atoms. The summed E-state index contributed by atoms with van der Waals surface area (Å²) in [5.41, 5.74) is 1.25. The van der Waals surface area contributed by atoms with E-state index in [1.807, 2.05) is 27.7 Å². The number of hydrogen-bond acceptors (Lipinski definition) is 5. The fourth-order valence-corrected chi connectivity index (χ4v) is 5.37. The van der Waals surface area contributed by atoms with Crippen molar-refractivity contribution in [2.24, 2.45) is 0 Å². The number of carbonyl (C=O) groups excluding carboxylic acids is 2. The van der Waals surface area contributed by atoms with Gasteiger partial charge in [-0.25, -0.2) is 12.8 Å². The summed E-state index contributed by atoms with van der Waals surface area (Å²) >= 11 is 0. The second-order valence-electron chi connectivity index (χ2n) is 10.6. The third kappa shape index (κ3) is 7.81. The number of amides is 2. The van der Waals surface area contributed by atoms with E-state index in [-0.39, 0.29) is 11.4 Å². The van der Waals surface area contributed by atoms with Crippen molar-refractivity contribution in [3.8, 4) is 5.75 Å². The molecule has 0 fully saturated rings. The van der Waals surface area contributed by atoms with Gasteiger partial charge in [-0.2, -0.15) is 0 Å². The molecule has 214 valence electrons. The zero-order valence-electron chi connectivity index (χ0n) is 23.6. The minimum absolute atomic E-state index is 0.0229. The fraction of sp³-hybridized carbons (Fsp3) is 0.333. The van der Waals surface area contributed by atoms with Gasteiger partial charge in [0, 0.05) is 12.1 Å². The normalized spacial score (nSPS) is 12.4. The van der Waals surface area contributed by atoms with Gasteiger partial charge in [0.25, 0.3) is 10.0 Å². The summed E-state index contributed by atoms with van der Waals surface area (Å²) in [6, 6.07) is 17.3. The second-order valence-corrected chi connectivity index (χ2v) is 12.4. The van der Waals surface area contributed by atoms with Crippen LogP contribution < -0.4 is 14.4 Å². The first-order valence-corrected chi connectivity index (χ1v) is 14.2. The molecule has 0 saturated carbocycles. The number of nitrogens with one attached hydrogen (secondary N) is 1. The predicted molar refractivity (Wildman–Crippen MR) is 153 cm³/mol. The molecule has 1 N–H and O–H groups in total. The minimum atomic E-state index is -4.19. The van der Waals surface area contributed by atoms with Gasteiger partial charge in [0.05, 0.1) is 17.7 Å². The molecule has 1 unspecified atom stereocenters. The quantitative estimate of drug-likeness (QED) is 0.383. The first-order chi connectivity index (χ1) is 18.7. The monoisotopic (exact) mass is 569 g/mol. The summed E-state index contributed by atoms with van der Waals surface area (Å²) in [5.74, 6) is -0.946. The molecule has 8 nitrogen and oxygen atoms in total. The Morgan fingerprint density at radius 3 is 2.05 bits per heavy atom. The molecule has 2 amide bonds. The van der Waals surface area contributed by atoms with Crippen LogP contribution in [0.25, 0.3) is 0 Å². The highest BCUT2D eigenvalue weighted by Crippen LogP contribution is 2.26. The van der Waals surface area contributed by atoms with Crippen molar-refractivity contribution in [3.05, 3.63) is 89.7 Å². The van der Waals surface area contributed by atoms with E-state index in [1.54, 1.807) is 31.2 Å². The van der Waals surface area contributed by atoms with Crippen molar-refractivity contribution < 1.29 is 27.1 Å². The minimum Gasteiger partial charge on any atom is -0.497 e. The van der Waals surface area contributed by atoms with Crippen molar-refractivity contribution in [2.45, 2.75) is 57.6 Å². The summed E-state index contributed by atoms with van der Waals surface area (Å²) in [6.07, 6.45) is 0. The van der Waals surface area contributed by atoms with Gasteiger partial charge >= 0.3 is 0 Å². The summed E-state index contributed by atoms with van der Waals surface area (Å²) in [4.78, 5) is 28.3. The van der Waals surface area contributed by atoms with Crippen molar-refractivity contribution >= 4 is 27.5 Å². The lowest BCUT2D eigenvalue weighted by Crippen LogP contribution is -2.54. The largest absolute Gasteiger partial charge is 0.497 e. The van der Waals surface area contributed by atoms with Crippen LogP contribution in [0.4, 0.5) is 10.1 Å². The number of methoxy groups -OCH3 is 1. The van der Waals surface area contributed by atoms with E-state index in [2.05, 4.69) is 5.32 Å². The third-order valence-corrected chi connectivity index (χ3v) is 7.97. The molecule has 3 aromatic rings. The van der Waals surface area contributed by atoms with E-state index in [0.717, 1.165) is 9.87 Å². The molecule has 0 aromatic heterocycles. The highest BCUT2D eigenvalue weighted by molar-refractivity contribution is 7.92. The molecule has 3 aromatic carbocycles. The van der Waals surface area contributed by atoms with Crippen molar-refractivity contribution in [3.63, 3.8) is 0 Å². The highest BCUT2D eigenvalue weighted by atomic mass is 32.2. The molecule has 3 rings (SSSR count). The second kappa shape index (κ2) is 12.5. The van der Waals surface area contributed by atoms with Gasteiger partial charge in [0.15, 0.2) is 0 Å². The topological polar surface area (TPSA) is 96.0 Å². The van der Waals surface area contributed by atoms with Crippen LogP contribution in [0.3, 0.4) is 0 Å². The zero-order valence-corrected chi connectivity index (χ0v) is 24.5. The number of rotatable bonds is 10. The fourth-order valence-electron chi connectivity index (χ4n) is 3.96. The Bertz CT molecular complexity index is 1420. The van der Waals surface area contributed by atoms with Crippen LogP contribution in [-0.4, -0.2) is 50.4 Å². The van der Waals surface area contributed by atoms with Gasteiger partial charge in [0.1, 0.15) is 24.2 Å². The third-order valence-electron chi connectivity index (χ3n) is 6.18. The Balaban J connectivity index is 2.03. The molecule has 0 aliphatic carbocycles. The summed E-state index contributed by atoms with van der Waals surface area (Å²) in [7, 11) is -2.71. The molecule has 0 radical (unpaired) electrons. The first kappa shape index (κ1) is 30.6. The van der Waals surface area contributed by atoms with E-state index in [0.29, 0.717) is 17.0 Å². The molecule has 0 aliphatic rings. The lowest BCUT2D eigenvalue weighted by molar-refractivity contribution is -0.140. The van der Waals surface area contributed by atoms with Gasteiger partial charge in [-0.3, -0.25) is 13.9 Å². The van der Waals surface area contributed by atoms with Gasteiger partial charge < -0.3 is 15.0 Å². The van der Waals surface area contributed by atoms with Crippen molar-refractivity contribution in [1.29, 1.82) is 0 Å². The molecule has 0 bridgehead atoms. The Morgan fingerprint density at radius 1 is 0.950 bits per heavy atom. The molecule has 1 atom stereocenters. The van der Waals surface area contributed by atoms with E-state index in [1.165, 1.54) is 60.5 Å². The zero-order chi connectivity index (χ0) is 29.7. The Hall–Kier alpha value is -3.92. The van der Waals surface area contributed by atoms with Gasteiger partial charge in [0.2, 0.25) is 11.8 Å². The van der Waals surface area contributed by atoms with Crippen LogP contribution in [0.15, 0.2) is 77.7 Å². The summed E-state index contributed by atoms with van der Waals surface area (Å²) < 4.78 is 47.5. The predicted octanol–water partition coefficient (Wildman–Crippen LogP) is 4.67. The molecule has 0 saturated heterocycles. The molecular weight excluding hydrogens is 533 g/mol. The van der Waals surface area contributed by atoms with Crippen molar-refractivity contribution in [1.82, 2.24) is 10.2 Å². The summed E-state index contributed by atoms with van der Waals surface area (Å²) in [5, 5.41) is 2.87.